The number of nitrogens with zero attached hydrogens (tertiary/aromatic N) is 2. The quantitative estimate of drug-likeness (QED) is 0.723. The fourth-order valence-corrected chi connectivity index (χ4v) is 3.10. The molecule has 0 aliphatic carbocycles. The van der Waals surface area contributed by atoms with E-state index in [1.54, 1.807) is 11.3 Å². The largest absolute Gasteiger partial charge is 0.348 e. The predicted molar refractivity (Wildman–Crippen MR) is 89.3 cm³/mol. The average Bonchev–Trinajstić information content (AvgIpc) is 2.93. The molecule has 2 rings (SSSR count). The molecule has 0 spiro atoms. The fourth-order valence-electron chi connectivity index (χ4n) is 2.20. The molecule has 0 radical (unpaired) electrons. The minimum Gasteiger partial charge on any atom is -0.348 e. The molecule has 0 amide bonds. The van der Waals surface area contributed by atoms with Crippen LogP contribution in [0, 0.1) is 5.92 Å². The van der Waals surface area contributed by atoms with Crippen molar-refractivity contribution in [2.24, 2.45) is 5.92 Å². The van der Waals surface area contributed by atoms with Crippen molar-refractivity contribution in [3.63, 3.8) is 0 Å². The minimum absolute atomic E-state index is 0.124. The van der Waals surface area contributed by atoms with E-state index in [1.165, 1.54) is 0 Å². The Kier molecular flexibility index (Phi) is 5.51. The van der Waals surface area contributed by atoms with Crippen molar-refractivity contribution in [3.05, 3.63) is 47.0 Å². The summed E-state index contributed by atoms with van der Waals surface area (Å²) >= 11 is 1.62. The maximum absolute atomic E-state index is 12.2. The fraction of sp³-hybridized carbons (Fsp3) is 0.412. The van der Waals surface area contributed by atoms with Gasteiger partial charge in [0.25, 0.3) is 0 Å². The Morgan fingerprint density at radius 1 is 1.29 bits per heavy atom. The molecule has 0 atom stereocenters. The van der Waals surface area contributed by atoms with E-state index in [-0.39, 0.29) is 5.78 Å². The van der Waals surface area contributed by atoms with Crippen LogP contribution < -0.4 is 4.90 Å². The lowest BCUT2D eigenvalue weighted by Crippen LogP contribution is -2.27. The van der Waals surface area contributed by atoms with Crippen LogP contribution in [-0.4, -0.2) is 23.9 Å². The summed E-state index contributed by atoms with van der Waals surface area (Å²) in [5.41, 5.74) is 1.62. The molecule has 0 saturated heterocycles. The third-order valence-corrected chi connectivity index (χ3v) is 4.17. The molecule has 0 bridgehead atoms. The van der Waals surface area contributed by atoms with Crippen molar-refractivity contribution in [1.82, 2.24) is 4.98 Å². The van der Waals surface area contributed by atoms with E-state index in [0.717, 1.165) is 29.5 Å². The highest BCUT2D eigenvalue weighted by Gasteiger charge is 2.13. The lowest BCUT2D eigenvalue weighted by Gasteiger charge is -2.21. The number of carbonyl (C=O) groups is 1. The van der Waals surface area contributed by atoms with Gasteiger partial charge in [0.05, 0.1) is 12.1 Å². The Bertz CT molecular complexity index is 577. The van der Waals surface area contributed by atoms with Gasteiger partial charge in [-0.1, -0.05) is 44.2 Å². The second-order valence-corrected chi connectivity index (χ2v) is 6.36. The molecule has 4 heteroatoms. The molecule has 112 valence electrons. The molecule has 0 fully saturated rings. The SMILES string of the molecule is CCN(CC(C)C)c1nc(CC(=O)c2ccccc2)cs1. The van der Waals surface area contributed by atoms with Crippen molar-refractivity contribution in [2.75, 3.05) is 18.0 Å². The molecule has 1 heterocycles. The number of aromatic nitrogens is 1. The van der Waals surface area contributed by atoms with Crippen molar-refractivity contribution < 1.29 is 4.79 Å². The van der Waals surface area contributed by atoms with Gasteiger partial charge in [0.1, 0.15) is 0 Å². The summed E-state index contributed by atoms with van der Waals surface area (Å²) in [5, 5.41) is 3.01. The van der Waals surface area contributed by atoms with Gasteiger partial charge in [-0.15, -0.1) is 11.3 Å². The summed E-state index contributed by atoms with van der Waals surface area (Å²) in [4.78, 5) is 19.1. The zero-order valence-corrected chi connectivity index (χ0v) is 13.7. The first-order valence-corrected chi connectivity index (χ1v) is 8.25. The number of benzene rings is 1. The third-order valence-electron chi connectivity index (χ3n) is 3.21. The summed E-state index contributed by atoms with van der Waals surface area (Å²) in [6.45, 7) is 8.48. The Labute approximate surface area is 130 Å². The monoisotopic (exact) mass is 302 g/mol. The van der Waals surface area contributed by atoms with E-state index >= 15 is 0 Å². The van der Waals surface area contributed by atoms with Gasteiger partial charge >= 0.3 is 0 Å². The molecule has 2 aromatic rings. The highest BCUT2D eigenvalue weighted by molar-refractivity contribution is 7.13. The smallest absolute Gasteiger partial charge is 0.185 e. The number of hydrogen-bond acceptors (Lipinski definition) is 4. The number of carbonyl (C=O) groups excluding carboxylic acids is 1. The summed E-state index contributed by atoms with van der Waals surface area (Å²) in [7, 11) is 0. The van der Waals surface area contributed by atoms with Gasteiger partial charge in [0.15, 0.2) is 10.9 Å². The van der Waals surface area contributed by atoms with Gasteiger partial charge in [-0.05, 0) is 12.8 Å². The third kappa shape index (κ3) is 4.39. The summed E-state index contributed by atoms with van der Waals surface area (Å²) < 4.78 is 0. The second-order valence-electron chi connectivity index (χ2n) is 5.52. The van der Waals surface area contributed by atoms with Gasteiger partial charge in [-0.3, -0.25) is 4.79 Å². The number of ketones is 1. The number of hydrogen-bond donors (Lipinski definition) is 0. The molecule has 1 aromatic heterocycles. The standard InChI is InChI=1S/C17H22N2OS/c1-4-19(11-13(2)3)17-18-15(12-21-17)10-16(20)14-8-6-5-7-9-14/h5-9,12-13H,4,10-11H2,1-3H3. The van der Waals surface area contributed by atoms with E-state index in [4.69, 9.17) is 0 Å². The lowest BCUT2D eigenvalue weighted by atomic mass is 10.1. The minimum atomic E-state index is 0.124. The van der Waals surface area contributed by atoms with Gasteiger partial charge in [-0.25, -0.2) is 4.98 Å². The van der Waals surface area contributed by atoms with Crippen LogP contribution in [0.1, 0.15) is 36.8 Å². The summed E-state index contributed by atoms with van der Waals surface area (Å²) in [5.74, 6) is 0.725. The van der Waals surface area contributed by atoms with E-state index in [0.29, 0.717) is 12.3 Å². The molecule has 21 heavy (non-hydrogen) atoms. The molecule has 0 unspecified atom stereocenters. The Hall–Kier alpha value is -1.68. The average molecular weight is 302 g/mol. The molecule has 0 aliphatic heterocycles. The molecular weight excluding hydrogens is 280 g/mol. The zero-order chi connectivity index (χ0) is 15.2. The molecule has 1 aromatic carbocycles. The van der Waals surface area contributed by atoms with E-state index < -0.39 is 0 Å². The van der Waals surface area contributed by atoms with Crippen molar-refractivity contribution in [1.29, 1.82) is 0 Å². The van der Waals surface area contributed by atoms with Crippen LogP contribution in [0.25, 0.3) is 0 Å². The van der Waals surface area contributed by atoms with Gasteiger partial charge < -0.3 is 4.90 Å². The Balaban J connectivity index is 2.04. The van der Waals surface area contributed by atoms with Crippen LogP contribution >= 0.6 is 11.3 Å². The van der Waals surface area contributed by atoms with Gasteiger partial charge in [0.2, 0.25) is 0 Å². The van der Waals surface area contributed by atoms with Crippen molar-refractivity contribution in [2.45, 2.75) is 27.2 Å². The predicted octanol–water partition coefficient (Wildman–Crippen LogP) is 4.05. The number of anilines is 1. The van der Waals surface area contributed by atoms with Crippen LogP contribution in [0.5, 0.6) is 0 Å². The summed E-state index contributed by atoms with van der Waals surface area (Å²) in [6.07, 6.45) is 0.375. The lowest BCUT2D eigenvalue weighted by molar-refractivity contribution is 0.0992. The number of thiazole rings is 1. The molecule has 3 nitrogen and oxygen atoms in total. The molecule has 0 aliphatic rings. The van der Waals surface area contributed by atoms with Crippen molar-refractivity contribution >= 4 is 22.3 Å². The van der Waals surface area contributed by atoms with Gasteiger partial charge in [-0.2, -0.15) is 0 Å². The Morgan fingerprint density at radius 2 is 2.00 bits per heavy atom. The first kappa shape index (κ1) is 15.7. The van der Waals surface area contributed by atoms with Crippen LogP contribution in [0.4, 0.5) is 5.13 Å². The zero-order valence-electron chi connectivity index (χ0n) is 12.9. The van der Waals surface area contributed by atoms with Crippen LogP contribution in [0.3, 0.4) is 0 Å². The normalized spacial score (nSPS) is 10.9. The van der Waals surface area contributed by atoms with Crippen LogP contribution in [0.15, 0.2) is 35.7 Å². The van der Waals surface area contributed by atoms with Crippen molar-refractivity contribution in [3.8, 4) is 0 Å². The topological polar surface area (TPSA) is 33.2 Å². The first-order valence-electron chi connectivity index (χ1n) is 7.37. The second kappa shape index (κ2) is 7.36. The molecular formula is C17H22N2OS. The number of Topliss-reactive ketones (excluding diaryl/α,β-unsaturated/α-hetero) is 1. The molecule has 0 saturated carbocycles. The Morgan fingerprint density at radius 3 is 2.62 bits per heavy atom. The maximum Gasteiger partial charge on any atom is 0.185 e. The van der Waals surface area contributed by atoms with Crippen LogP contribution in [-0.2, 0) is 6.42 Å². The van der Waals surface area contributed by atoms with E-state index in [1.807, 2.05) is 35.7 Å². The highest BCUT2D eigenvalue weighted by atomic mass is 32.1. The summed E-state index contributed by atoms with van der Waals surface area (Å²) in [6, 6.07) is 9.41. The highest BCUT2D eigenvalue weighted by Crippen LogP contribution is 2.22. The van der Waals surface area contributed by atoms with Gasteiger partial charge in [0, 0.05) is 24.0 Å². The van der Waals surface area contributed by atoms with E-state index in [2.05, 4.69) is 30.7 Å². The maximum atomic E-state index is 12.2. The first-order chi connectivity index (χ1) is 10.1. The number of rotatable bonds is 7. The molecule has 0 N–H and O–H groups in total. The van der Waals surface area contributed by atoms with E-state index in [9.17, 15) is 4.79 Å². The van der Waals surface area contributed by atoms with Crippen LogP contribution in [0.2, 0.25) is 0 Å².